The number of rotatable bonds is 10. The molecule has 10 nitrogen and oxygen atoms in total. The van der Waals surface area contributed by atoms with Crippen molar-refractivity contribution in [2.24, 2.45) is 0 Å². The van der Waals surface area contributed by atoms with Gasteiger partial charge in [-0.1, -0.05) is 43.3 Å². The highest BCUT2D eigenvalue weighted by atomic mass is 16.7. The maximum atomic E-state index is 12.4. The molecule has 2 aliphatic rings. The molecule has 0 aliphatic carbocycles. The third kappa shape index (κ3) is 8.24. The molecule has 238 valence electrons. The predicted octanol–water partition coefficient (Wildman–Crippen LogP) is 4.45. The Labute approximate surface area is 258 Å². The first-order chi connectivity index (χ1) is 21.0. The smallest absolute Gasteiger partial charge is 0.303 e. The van der Waals surface area contributed by atoms with Gasteiger partial charge in [-0.05, 0) is 59.6 Å². The van der Waals surface area contributed by atoms with Crippen LogP contribution in [0.25, 0.3) is 0 Å². The van der Waals surface area contributed by atoms with Crippen LogP contribution in [0.15, 0.2) is 36.4 Å². The summed E-state index contributed by atoms with van der Waals surface area (Å²) in [6.07, 6.45) is -3.12. The first-order valence-corrected chi connectivity index (χ1v) is 15.1. The third-order valence-corrected chi connectivity index (χ3v) is 8.09. The van der Waals surface area contributed by atoms with Crippen LogP contribution < -0.4 is 0 Å². The zero-order chi connectivity index (χ0) is 32.0. The molecule has 0 saturated carbocycles. The van der Waals surface area contributed by atoms with Gasteiger partial charge in [-0.2, -0.15) is 0 Å². The summed E-state index contributed by atoms with van der Waals surface area (Å²) in [7, 11) is 0. The second-order valence-electron chi connectivity index (χ2n) is 11.4. The summed E-state index contributed by atoms with van der Waals surface area (Å²) in [6, 6.07) is 12.5. The number of carbonyl (C=O) groups is 4. The lowest BCUT2D eigenvalue weighted by Crippen LogP contribution is -2.59. The zero-order valence-corrected chi connectivity index (χ0v) is 26.3. The number of ether oxygens (including phenoxy) is 6. The molecular formula is C34H42O10. The summed E-state index contributed by atoms with van der Waals surface area (Å²) >= 11 is 0. The number of hydrogen-bond acceptors (Lipinski definition) is 10. The van der Waals surface area contributed by atoms with Crippen molar-refractivity contribution in [3.63, 3.8) is 0 Å². The normalized spacial score (nSPS) is 24.8. The van der Waals surface area contributed by atoms with Crippen LogP contribution in [0.3, 0.4) is 0 Å². The zero-order valence-electron chi connectivity index (χ0n) is 26.3. The van der Waals surface area contributed by atoms with Crippen molar-refractivity contribution < 1.29 is 47.6 Å². The van der Waals surface area contributed by atoms with Gasteiger partial charge in [-0.3, -0.25) is 19.2 Å². The first-order valence-electron chi connectivity index (χ1n) is 15.1. The van der Waals surface area contributed by atoms with Crippen LogP contribution in [0, 0.1) is 6.92 Å². The Hall–Kier alpha value is -3.76. The lowest BCUT2D eigenvalue weighted by Gasteiger charge is -2.44. The third-order valence-electron chi connectivity index (χ3n) is 8.09. The standard InChI is InChI=1S/C34H42O10/c1-7-24-8-10-25(11-9-24)14-27-15-28(16-29(19(27)2)26-12-13-39-17-26)31-33(42-22(5)37)34(43-23(6)38)32(41-21(4)36)30(44-31)18-40-20(3)35/h8-11,15-16,26,30-34H,7,12-14,17-18H2,1-6H3/t26-,30+,31-,32+,33-,34-/m0/s1. The molecule has 0 N–H and O–H groups in total. The molecule has 0 unspecified atom stereocenters. The minimum atomic E-state index is -1.23. The number of aryl methyl sites for hydroxylation is 1. The molecular weight excluding hydrogens is 568 g/mol. The van der Waals surface area contributed by atoms with Gasteiger partial charge in [-0.25, -0.2) is 0 Å². The Morgan fingerprint density at radius 1 is 0.818 bits per heavy atom. The van der Waals surface area contributed by atoms with E-state index in [1.54, 1.807) is 0 Å². The van der Waals surface area contributed by atoms with Crippen LogP contribution in [0.4, 0.5) is 0 Å². The van der Waals surface area contributed by atoms with Crippen LogP contribution in [0.5, 0.6) is 0 Å². The van der Waals surface area contributed by atoms with Gasteiger partial charge in [0.25, 0.3) is 0 Å². The molecule has 2 heterocycles. The monoisotopic (exact) mass is 610 g/mol. The molecule has 2 fully saturated rings. The maximum absolute atomic E-state index is 12.4. The maximum Gasteiger partial charge on any atom is 0.303 e. The van der Waals surface area contributed by atoms with E-state index in [1.165, 1.54) is 33.3 Å². The molecule has 0 aromatic heterocycles. The second-order valence-corrected chi connectivity index (χ2v) is 11.4. The molecule has 2 aliphatic heterocycles. The summed E-state index contributed by atoms with van der Waals surface area (Å²) in [5.74, 6) is -2.37. The van der Waals surface area contributed by atoms with E-state index in [2.05, 4.69) is 38.1 Å². The first kappa shape index (κ1) is 33.1. The van der Waals surface area contributed by atoms with Crippen LogP contribution in [-0.2, 0) is 60.4 Å². The minimum absolute atomic E-state index is 0.154. The van der Waals surface area contributed by atoms with Crippen molar-refractivity contribution in [2.75, 3.05) is 19.8 Å². The minimum Gasteiger partial charge on any atom is -0.463 e. The van der Waals surface area contributed by atoms with Crippen molar-refractivity contribution in [3.8, 4) is 0 Å². The summed E-state index contributed by atoms with van der Waals surface area (Å²) in [6.45, 7) is 10.1. The van der Waals surface area contributed by atoms with Crippen molar-refractivity contribution >= 4 is 23.9 Å². The number of esters is 4. The molecule has 0 amide bonds. The van der Waals surface area contributed by atoms with Gasteiger partial charge in [0.15, 0.2) is 18.3 Å². The lowest BCUT2D eigenvalue weighted by molar-refractivity contribution is -0.254. The van der Waals surface area contributed by atoms with Gasteiger partial charge in [0.1, 0.15) is 18.8 Å². The molecule has 10 heteroatoms. The van der Waals surface area contributed by atoms with Crippen LogP contribution >= 0.6 is 0 Å². The summed E-state index contributed by atoms with van der Waals surface area (Å²) < 4.78 is 34.5. The highest BCUT2D eigenvalue weighted by molar-refractivity contribution is 5.69. The van der Waals surface area contributed by atoms with E-state index in [0.29, 0.717) is 25.2 Å². The molecule has 4 rings (SSSR count). The molecule has 0 spiro atoms. The molecule has 0 radical (unpaired) electrons. The Bertz CT molecular complexity index is 1340. The van der Waals surface area contributed by atoms with E-state index < -0.39 is 54.4 Å². The van der Waals surface area contributed by atoms with Gasteiger partial charge in [-0.15, -0.1) is 0 Å². The fourth-order valence-corrected chi connectivity index (χ4v) is 5.99. The van der Waals surface area contributed by atoms with Crippen LogP contribution in [0.1, 0.15) is 86.4 Å². The average molecular weight is 611 g/mol. The molecule has 6 atom stereocenters. The fourth-order valence-electron chi connectivity index (χ4n) is 5.99. The van der Waals surface area contributed by atoms with Gasteiger partial charge >= 0.3 is 23.9 Å². The lowest BCUT2D eigenvalue weighted by atomic mass is 9.83. The van der Waals surface area contributed by atoms with E-state index in [9.17, 15) is 19.2 Å². The fraction of sp³-hybridized carbons (Fsp3) is 0.529. The van der Waals surface area contributed by atoms with Gasteiger partial charge in [0.2, 0.25) is 0 Å². The molecule has 0 bridgehead atoms. The second kappa shape index (κ2) is 14.8. The van der Waals surface area contributed by atoms with E-state index in [1.807, 2.05) is 12.1 Å². The Morgan fingerprint density at radius 3 is 2.00 bits per heavy atom. The van der Waals surface area contributed by atoms with Crippen LogP contribution in [0.2, 0.25) is 0 Å². The molecule has 2 aromatic rings. The Balaban J connectivity index is 1.85. The topological polar surface area (TPSA) is 124 Å². The highest BCUT2D eigenvalue weighted by Gasteiger charge is 2.52. The van der Waals surface area contributed by atoms with Gasteiger partial charge < -0.3 is 28.4 Å². The van der Waals surface area contributed by atoms with E-state index >= 15 is 0 Å². The van der Waals surface area contributed by atoms with Crippen molar-refractivity contribution in [3.05, 3.63) is 69.8 Å². The SMILES string of the molecule is CCc1ccc(Cc2cc([C@@H]3O[C@H](COC(C)=O)[C@@H](OC(C)=O)[C@H](OC(C)=O)[C@H]3OC(C)=O)cc([C@H]3CCOC3)c2C)cc1. The summed E-state index contributed by atoms with van der Waals surface area (Å²) in [5, 5.41) is 0. The van der Waals surface area contributed by atoms with Crippen LogP contribution in [-0.4, -0.2) is 68.1 Å². The summed E-state index contributed by atoms with van der Waals surface area (Å²) in [4.78, 5) is 48.7. The van der Waals surface area contributed by atoms with Crippen molar-refractivity contribution in [1.29, 1.82) is 0 Å². The number of hydrogen-bond donors (Lipinski definition) is 0. The van der Waals surface area contributed by atoms with Crippen molar-refractivity contribution in [1.82, 2.24) is 0 Å². The quantitative estimate of drug-likeness (QED) is 0.282. The van der Waals surface area contributed by atoms with Gasteiger partial charge in [0, 0.05) is 40.2 Å². The van der Waals surface area contributed by atoms with Crippen molar-refractivity contribution in [2.45, 2.75) is 97.2 Å². The highest BCUT2D eigenvalue weighted by Crippen LogP contribution is 2.41. The van der Waals surface area contributed by atoms with Gasteiger partial charge in [0.05, 0.1) is 6.61 Å². The molecule has 2 aromatic carbocycles. The number of carbonyl (C=O) groups excluding carboxylic acids is 4. The Kier molecular flexibility index (Phi) is 11.2. The molecule has 2 saturated heterocycles. The van der Waals surface area contributed by atoms with E-state index in [-0.39, 0.29) is 12.5 Å². The predicted molar refractivity (Wildman–Crippen MR) is 159 cm³/mol. The summed E-state index contributed by atoms with van der Waals surface area (Å²) in [5.41, 5.74) is 6.36. The average Bonchev–Trinajstić information content (AvgIpc) is 3.50. The Morgan fingerprint density at radius 2 is 1.43 bits per heavy atom. The van der Waals surface area contributed by atoms with E-state index in [4.69, 9.17) is 28.4 Å². The number of benzene rings is 2. The molecule has 44 heavy (non-hydrogen) atoms. The largest absolute Gasteiger partial charge is 0.463 e. The van der Waals surface area contributed by atoms with E-state index in [0.717, 1.165) is 35.1 Å².